The number of azo groups is 1. The van der Waals surface area contributed by atoms with Crippen molar-refractivity contribution in [2.75, 3.05) is 12.0 Å². The van der Waals surface area contributed by atoms with Gasteiger partial charge in [-0.05, 0) is 61.4 Å². The lowest BCUT2D eigenvalue weighted by Gasteiger charge is -2.27. The van der Waals surface area contributed by atoms with E-state index in [2.05, 4.69) is 71.4 Å². The van der Waals surface area contributed by atoms with Crippen molar-refractivity contribution in [3.05, 3.63) is 71.8 Å². The molecule has 0 bridgehead atoms. The largest absolute Gasteiger partial charge is 0.495 e. The van der Waals surface area contributed by atoms with Crippen LogP contribution < -0.4 is 9.64 Å². The van der Waals surface area contributed by atoms with Gasteiger partial charge in [0.2, 0.25) is 0 Å². The Balaban J connectivity index is 2.04. The van der Waals surface area contributed by atoms with Crippen LogP contribution in [0.3, 0.4) is 0 Å². The van der Waals surface area contributed by atoms with E-state index < -0.39 is 0 Å². The summed E-state index contributed by atoms with van der Waals surface area (Å²) in [7, 11) is 1.69. The predicted molar refractivity (Wildman–Crippen MR) is 101 cm³/mol. The first-order valence-electron chi connectivity index (χ1n) is 8.23. The molecule has 0 unspecified atom stereocenters. The van der Waals surface area contributed by atoms with Gasteiger partial charge in [-0.25, -0.2) is 0 Å². The van der Waals surface area contributed by atoms with Crippen molar-refractivity contribution in [2.24, 2.45) is 10.2 Å². The van der Waals surface area contributed by atoms with E-state index in [1.165, 1.54) is 0 Å². The molecule has 3 aromatic rings. The SMILES string of the molecule is COc1ccccc1N1c2ccc(C)cc2N=Nc2cc(C)ccc21. The first kappa shape index (κ1) is 15.4. The smallest absolute Gasteiger partial charge is 0.142 e. The number of benzene rings is 3. The summed E-state index contributed by atoms with van der Waals surface area (Å²) < 4.78 is 5.61. The molecule has 0 aliphatic carbocycles. The van der Waals surface area contributed by atoms with Crippen LogP contribution >= 0.6 is 0 Å². The van der Waals surface area contributed by atoms with Gasteiger partial charge in [0.15, 0.2) is 0 Å². The van der Waals surface area contributed by atoms with Crippen LogP contribution in [-0.4, -0.2) is 7.11 Å². The zero-order chi connectivity index (χ0) is 17.4. The lowest BCUT2D eigenvalue weighted by molar-refractivity contribution is 0.416. The fraction of sp³-hybridized carbons (Fsp3) is 0.143. The number of anilines is 3. The first-order chi connectivity index (χ1) is 12.2. The topological polar surface area (TPSA) is 37.2 Å². The zero-order valence-electron chi connectivity index (χ0n) is 14.5. The highest BCUT2D eigenvalue weighted by molar-refractivity contribution is 5.91. The molecule has 4 rings (SSSR count). The molecule has 1 aliphatic rings. The molecular formula is C21H19N3O. The molecule has 1 aliphatic heterocycles. The lowest BCUT2D eigenvalue weighted by atomic mass is 10.1. The molecule has 25 heavy (non-hydrogen) atoms. The minimum Gasteiger partial charge on any atom is -0.495 e. The summed E-state index contributed by atoms with van der Waals surface area (Å²) in [6, 6.07) is 20.5. The second kappa shape index (κ2) is 6.06. The second-order valence-electron chi connectivity index (χ2n) is 6.19. The number of rotatable bonds is 2. The molecule has 0 aromatic heterocycles. The Morgan fingerprint density at radius 2 is 1.28 bits per heavy atom. The predicted octanol–water partition coefficient (Wildman–Crippen LogP) is 6.51. The van der Waals surface area contributed by atoms with Crippen LogP contribution in [0, 0.1) is 13.8 Å². The maximum atomic E-state index is 5.61. The van der Waals surface area contributed by atoms with E-state index in [9.17, 15) is 0 Å². The molecule has 4 heteroatoms. The van der Waals surface area contributed by atoms with Crippen LogP contribution in [0.2, 0.25) is 0 Å². The molecule has 0 fully saturated rings. The standard InChI is InChI=1S/C21H19N3O/c1-14-8-10-18-16(12-14)22-23-17-13-15(2)9-11-19(17)24(18)20-6-4-5-7-21(20)25-3/h4-13H,1-3H3. The summed E-state index contributed by atoms with van der Waals surface area (Å²) in [6.45, 7) is 4.12. The number of hydrogen-bond donors (Lipinski definition) is 0. The Bertz CT molecular complexity index is 923. The molecule has 1 heterocycles. The van der Waals surface area contributed by atoms with Crippen LogP contribution in [-0.2, 0) is 0 Å². The summed E-state index contributed by atoms with van der Waals surface area (Å²) >= 11 is 0. The fourth-order valence-electron chi connectivity index (χ4n) is 3.12. The van der Waals surface area contributed by atoms with Crippen LogP contribution in [0.25, 0.3) is 0 Å². The van der Waals surface area contributed by atoms with Gasteiger partial charge in [0.05, 0.1) is 24.2 Å². The maximum absolute atomic E-state index is 5.61. The Labute approximate surface area is 147 Å². The average Bonchev–Trinajstić information content (AvgIpc) is 2.78. The highest BCUT2D eigenvalue weighted by Crippen LogP contribution is 2.49. The van der Waals surface area contributed by atoms with Crippen LogP contribution in [0.4, 0.5) is 28.4 Å². The Kier molecular flexibility index (Phi) is 3.73. The van der Waals surface area contributed by atoms with E-state index in [0.29, 0.717) is 0 Å². The maximum Gasteiger partial charge on any atom is 0.142 e. The Morgan fingerprint density at radius 1 is 0.720 bits per heavy atom. The van der Waals surface area contributed by atoms with Crippen molar-refractivity contribution in [2.45, 2.75) is 13.8 Å². The number of methoxy groups -OCH3 is 1. The molecular weight excluding hydrogens is 310 g/mol. The highest BCUT2D eigenvalue weighted by Gasteiger charge is 2.24. The third-order valence-electron chi connectivity index (χ3n) is 4.34. The van der Waals surface area contributed by atoms with Gasteiger partial charge >= 0.3 is 0 Å². The van der Waals surface area contributed by atoms with Crippen molar-refractivity contribution in [3.8, 4) is 5.75 Å². The quantitative estimate of drug-likeness (QED) is 0.420. The molecule has 124 valence electrons. The van der Waals surface area contributed by atoms with Gasteiger partial charge in [-0.2, -0.15) is 0 Å². The first-order valence-corrected chi connectivity index (χ1v) is 8.23. The molecule has 0 amide bonds. The van der Waals surface area contributed by atoms with Gasteiger partial charge in [0, 0.05) is 0 Å². The van der Waals surface area contributed by atoms with Crippen molar-refractivity contribution in [1.82, 2.24) is 0 Å². The normalized spacial score (nSPS) is 12.4. The fourth-order valence-corrected chi connectivity index (χ4v) is 3.12. The van der Waals surface area contributed by atoms with Gasteiger partial charge in [-0.15, -0.1) is 10.2 Å². The number of hydrogen-bond acceptors (Lipinski definition) is 4. The van der Waals surface area contributed by atoms with E-state index in [4.69, 9.17) is 4.74 Å². The molecule has 0 saturated heterocycles. The van der Waals surface area contributed by atoms with Gasteiger partial charge in [-0.1, -0.05) is 24.3 Å². The van der Waals surface area contributed by atoms with Crippen LogP contribution in [0.15, 0.2) is 70.9 Å². The summed E-state index contributed by atoms with van der Waals surface area (Å²) in [5.74, 6) is 0.808. The van der Waals surface area contributed by atoms with E-state index >= 15 is 0 Å². The van der Waals surface area contributed by atoms with E-state index in [0.717, 1.165) is 45.3 Å². The number of ether oxygens (including phenoxy) is 1. The van der Waals surface area contributed by atoms with Crippen LogP contribution in [0.5, 0.6) is 5.75 Å². The number of fused-ring (bicyclic) bond motifs is 2. The zero-order valence-corrected chi connectivity index (χ0v) is 14.5. The third-order valence-corrected chi connectivity index (χ3v) is 4.34. The Morgan fingerprint density at radius 3 is 1.84 bits per heavy atom. The molecule has 0 saturated carbocycles. The highest BCUT2D eigenvalue weighted by atomic mass is 16.5. The van der Waals surface area contributed by atoms with E-state index in [1.54, 1.807) is 7.11 Å². The van der Waals surface area contributed by atoms with Gasteiger partial charge in [0.1, 0.15) is 17.1 Å². The minimum atomic E-state index is 0.808. The Hall–Kier alpha value is -3.14. The lowest BCUT2D eigenvalue weighted by Crippen LogP contribution is -2.11. The van der Waals surface area contributed by atoms with Gasteiger partial charge < -0.3 is 9.64 Å². The molecule has 0 atom stereocenters. The summed E-state index contributed by atoms with van der Waals surface area (Å²) in [6.07, 6.45) is 0. The molecule has 4 nitrogen and oxygen atoms in total. The minimum absolute atomic E-state index is 0.808. The summed E-state index contributed by atoms with van der Waals surface area (Å²) in [5.41, 5.74) is 6.94. The van der Waals surface area contributed by atoms with Crippen molar-refractivity contribution < 1.29 is 4.74 Å². The average molecular weight is 329 g/mol. The summed E-state index contributed by atoms with van der Waals surface area (Å²) in [5, 5.41) is 9.01. The van der Waals surface area contributed by atoms with E-state index in [-0.39, 0.29) is 0 Å². The summed E-state index contributed by atoms with van der Waals surface area (Å²) in [4.78, 5) is 2.17. The van der Waals surface area contributed by atoms with Crippen molar-refractivity contribution in [1.29, 1.82) is 0 Å². The van der Waals surface area contributed by atoms with Crippen molar-refractivity contribution in [3.63, 3.8) is 0 Å². The van der Waals surface area contributed by atoms with Crippen LogP contribution in [0.1, 0.15) is 11.1 Å². The molecule has 3 aromatic carbocycles. The monoisotopic (exact) mass is 329 g/mol. The van der Waals surface area contributed by atoms with Crippen molar-refractivity contribution >= 4 is 28.4 Å². The van der Waals surface area contributed by atoms with Gasteiger partial charge in [-0.3, -0.25) is 0 Å². The van der Waals surface area contributed by atoms with E-state index in [1.807, 2.05) is 18.2 Å². The molecule has 0 N–H and O–H groups in total. The molecule has 0 radical (unpaired) electrons. The molecule has 0 spiro atoms. The third kappa shape index (κ3) is 2.66. The second-order valence-corrected chi connectivity index (χ2v) is 6.19. The number of para-hydroxylation sites is 2. The number of aryl methyl sites for hydroxylation is 2. The number of nitrogens with zero attached hydrogens (tertiary/aromatic N) is 3. The van der Waals surface area contributed by atoms with Gasteiger partial charge in [0.25, 0.3) is 0 Å².